The Kier molecular flexibility index (Phi) is 3.36. The van der Waals surface area contributed by atoms with Gasteiger partial charge in [-0.1, -0.05) is 11.8 Å². The summed E-state index contributed by atoms with van der Waals surface area (Å²) in [5.41, 5.74) is 0. The Balaban J connectivity index is 2.45. The van der Waals surface area contributed by atoms with E-state index in [2.05, 4.69) is 4.98 Å². The number of rotatable bonds is 3. The number of carbonyl (C=O) groups is 1. The fourth-order valence-corrected chi connectivity index (χ4v) is 3.88. The van der Waals surface area contributed by atoms with Crippen LogP contribution in [0.1, 0.15) is 16.6 Å². The maximum absolute atomic E-state index is 11.5. The molecule has 0 aromatic carbocycles. The third-order valence-electron chi connectivity index (χ3n) is 1.84. The van der Waals surface area contributed by atoms with Crippen molar-refractivity contribution in [3.05, 3.63) is 4.88 Å². The van der Waals surface area contributed by atoms with Gasteiger partial charge in [0.15, 0.2) is 15.0 Å². The van der Waals surface area contributed by atoms with Crippen LogP contribution in [0.15, 0.2) is 4.34 Å². The first kappa shape index (κ1) is 11.7. The van der Waals surface area contributed by atoms with Crippen LogP contribution in [0.5, 0.6) is 5.75 Å². The van der Waals surface area contributed by atoms with E-state index < -0.39 is 5.97 Å². The fraction of sp³-hybridized carbons (Fsp3) is 0.333. The van der Waals surface area contributed by atoms with Crippen molar-refractivity contribution in [3.63, 3.8) is 0 Å². The molecule has 7 heteroatoms. The van der Waals surface area contributed by atoms with Crippen LogP contribution in [0.4, 0.5) is 0 Å². The molecule has 0 aliphatic heterocycles. The molecule has 0 radical (unpaired) electrons. The second-order valence-corrected chi connectivity index (χ2v) is 5.87. The number of thiazole rings is 1. The molecular formula is C9H9NO3S3. The lowest BCUT2D eigenvalue weighted by atomic mass is 10.4. The van der Waals surface area contributed by atoms with Crippen molar-refractivity contribution in [2.24, 2.45) is 0 Å². The van der Waals surface area contributed by atoms with Crippen molar-refractivity contribution in [1.29, 1.82) is 0 Å². The lowest BCUT2D eigenvalue weighted by molar-refractivity contribution is 0.0529. The lowest BCUT2D eigenvalue weighted by Crippen LogP contribution is -2.01. The third kappa shape index (κ3) is 1.90. The van der Waals surface area contributed by atoms with Gasteiger partial charge in [0.25, 0.3) is 0 Å². The van der Waals surface area contributed by atoms with Crippen LogP contribution >= 0.6 is 34.4 Å². The van der Waals surface area contributed by atoms with Gasteiger partial charge >= 0.3 is 5.97 Å². The Morgan fingerprint density at radius 2 is 2.31 bits per heavy atom. The molecule has 1 N–H and O–H groups in total. The topological polar surface area (TPSA) is 59.4 Å². The highest BCUT2D eigenvalue weighted by molar-refractivity contribution is 8.00. The predicted molar refractivity (Wildman–Crippen MR) is 66.9 cm³/mol. The van der Waals surface area contributed by atoms with Gasteiger partial charge in [0.05, 0.1) is 6.61 Å². The van der Waals surface area contributed by atoms with Crippen molar-refractivity contribution in [1.82, 2.24) is 4.98 Å². The summed E-state index contributed by atoms with van der Waals surface area (Å²) in [7, 11) is 0. The summed E-state index contributed by atoms with van der Waals surface area (Å²) in [5, 5.41) is 9.87. The summed E-state index contributed by atoms with van der Waals surface area (Å²) >= 11 is 4.07. The molecule has 0 atom stereocenters. The van der Waals surface area contributed by atoms with Crippen LogP contribution in [-0.2, 0) is 4.74 Å². The lowest BCUT2D eigenvalue weighted by Gasteiger charge is -1.98. The highest BCUT2D eigenvalue weighted by atomic mass is 32.2. The summed E-state index contributed by atoms with van der Waals surface area (Å²) < 4.78 is 6.39. The zero-order valence-electron chi connectivity index (χ0n) is 8.64. The standard InChI is InChI=1S/C9H9NO3S3/c1-3-13-8(12)6-4(11)5-7(15-6)10-9(14-2)16-5/h11H,3H2,1-2H3. The van der Waals surface area contributed by atoms with E-state index in [9.17, 15) is 9.90 Å². The van der Waals surface area contributed by atoms with Gasteiger partial charge in [0, 0.05) is 0 Å². The predicted octanol–water partition coefficient (Wildman–Crippen LogP) is 2.96. The van der Waals surface area contributed by atoms with Crippen molar-refractivity contribution in [2.75, 3.05) is 12.9 Å². The Morgan fingerprint density at radius 3 is 2.88 bits per heavy atom. The summed E-state index contributed by atoms with van der Waals surface area (Å²) in [6, 6.07) is 0. The minimum absolute atomic E-state index is 0.00347. The maximum Gasteiger partial charge on any atom is 0.352 e. The van der Waals surface area contributed by atoms with Crippen molar-refractivity contribution < 1.29 is 14.6 Å². The first-order chi connectivity index (χ1) is 7.67. The van der Waals surface area contributed by atoms with E-state index in [1.165, 1.54) is 34.4 Å². The van der Waals surface area contributed by atoms with Gasteiger partial charge in [-0.15, -0.1) is 22.7 Å². The first-order valence-electron chi connectivity index (χ1n) is 4.50. The molecule has 0 amide bonds. The molecule has 0 fully saturated rings. The van der Waals surface area contributed by atoms with Crippen LogP contribution in [0.2, 0.25) is 0 Å². The average molecular weight is 275 g/mol. The number of thiophene rings is 1. The highest BCUT2D eigenvalue weighted by Crippen LogP contribution is 2.42. The number of hydrogen-bond donors (Lipinski definition) is 1. The zero-order chi connectivity index (χ0) is 11.7. The molecule has 0 saturated carbocycles. The van der Waals surface area contributed by atoms with Gasteiger partial charge in [0.1, 0.15) is 9.53 Å². The molecule has 0 aliphatic carbocycles. The summed E-state index contributed by atoms with van der Waals surface area (Å²) in [6.07, 6.45) is 1.92. The van der Waals surface area contributed by atoms with Gasteiger partial charge in [-0.25, -0.2) is 9.78 Å². The SMILES string of the molecule is CCOC(=O)c1sc2nc(SC)sc2c1O. The van der Waals surface area contributed by atoms with Crippen LogP contribution in [-0.4, -0.2) is 28.9 Å². The molecule has 0 aliphatic rings. The van der Waals surface area contributed by atoms with Crippen molar-refractivity contribution >= 4 is 49.9 Å². The second-order valence-electron chi connectivity index (χ2n) is 2.82. The van der Waals surface area contributed by atoms with Gasteiger partial charge in [-0.2, -0.15) is 0 Å². The number of hydrogen-bond acceptors (Lipinski definition) is 7. The third-order valence-corrected chi connectivity index (χ3v) is 5.07. The normalized spacial score (nSPS) is 10.9. The number of fused-ring (bicyclic) bond motifs is 1. The molecule has 4 nitrogen and oxygen atoms in total. The summed E-state index contributed by atoms with van der Waals surface area (Å²) in [6.45, 7) is 2.03. The van der Waals surface area contributed by atoms with E-state index in [1.807, 2.05) is 6.26 Å². The number of nitrogens with zero attached hydrogens (tertiary/aromatic N) is 1. The van der Waals surface area contributed by atoms with E-state index in [0.717, 1.165) is 4.34 Å². The number of ether oxygens (including phenoxy) is 1. The largest absolute Gasteiger partial charge is 0.505 e. The Morgan fingerprint density at radius 1 is 1.56 bits per heavy atom. The zero-order valence-corrected chi connectivity index (χ0v) is 11.1. The number of esters is 1. The summed E-state index contributed by atoms with van der Waals surface area (Å²) in [4.78, 5) is 16.7. The monoisotopic (exact) mass is 275 g/mol. The van der Waals surface area contributed by atoms with E-state index in [1.54, 1.807) is 6.92 Å². The molecule has 2 rings (SSSR count). The van der Waals surface area contributed by atoms with Crippen LogP contribution in [0.25, 0.3) is 9.53 Å². The molecule has 2 aromatic rings. The molecule has 0 bridgehead atoms. The molecule has 0 saturated heterocycles. The highest BCUT2D eigenvalue weighted by Gasteiger charge is 2.21. The Hall–Kier alpha value is -0.790. The number of thioether (sulfide) groups is 1. The smallest absolute Gasteiger partial charge is 0.352 e. The molecule has 86 valence electrons. The summed E-state index contributed by atoms with van der Waals surface area (Å²) in [5.74, 6) is -0.489. The van der Waals surface area contributed by atoms with E-state index in [-0.39, 0.29) is 10.6 Å². The minimum Gasteiger partial charge on any atom is -0.505 e. The van der Waals surface area contributed by atoms with Gasteiger partial charge in [-0.3, -0.25) is 0 Å². The molecule has 0 unspecified atom stereocenters. The first-order valence-corrected chi connectivity index (χ1v) is 7.36. The fourth-order valence-electron chi connectivity index (χ4n) is 1.18. The van der Waals surface area contributed by atoms with Gasteiger partial charge in [0.2, 0.25) is 0 Å². The second kappa shape index (κ2) is 4.60. The van der Waals surface area contributed by atoms with E-state index in [0.29, 0.717) is 16.1 Å². The van der Waals surface area contributed by atoms with Crippen LogP contribution in [0, 0.1) is 0 Å². The van der Waals surface area contributed by atoms with Crippen molar-refractivity contribution in [3.8, 4) is 5.75 Å². The Bertz CT molecular complexity index is 531. The molecule has 2 heterocycles. The number of aromatic nitrogens is 1. The van der Waals surface area contributed by atoms with Crippen LogP contribution in [0.3, 0.4) is 0 Å². The Labute approximate surface area is 104 Å². The molecule has 0 spiro atoms. The van der Waals surface area contributed by atoms with Crippen LogP contribution < -0.4 is 0 Å². The van der Waals surface area contributed by atoms with Gasteiger partial charge in [-0.05, 0) is 13.2 Å². The number of aromatic hydroxyl groups is 1. The quantitative estimate of drug-likeness (QED) is 0.689. The van der Waals surface area contributed by atoms with E-state index in [4.69, 9.17) is 4.74 Å². The maximum atomic E-state index is 11.5. The molecule has 2 aromatic heterocycles. The number of carbonyl (C=O) groups excluding carboxylic acids is 1. The van der Waals surface area contributed by atoms with Crippen molar-refractivity contribution in [2.45, 2.75) is 11.3 Å². The minimum atomic E-state index is -0.485. The molecule has 16 heavy (non-hydrogen) atoms. The average Bonchev–Trinajstić information content (AvgIpc) is 2.79. The molecular weight excluding hydrogens is 266 g/mol. The van der Waals surface area contributed by atoms with E-state index >= 15 is 0 Å². The van der Waals surface area contributed by atoms with Gasteiger partial charge < -0.3 is 9.84 Å².